The van der Waals surface area contributed by atoms with E-state index < -0.39 is 0 Å². The van der Waals surface area contributed by atoms with Crippen molar-refractivity contribution in [3.8, 4) is 11.5 Å². The van der Waals surface area contributed by atoms with Crippen molar-refractivity contribution in [2.24, 2.45) is 11.1 Å². The fraction of sp³-hybridized carbons (Fsp3) is 0.538. The van der Waals surface area contributed by atoms with Gasteiger partial charge in [0.15, 0.2) is 0 Å². The fourth-order valence-electron chi connectivity index (χ4n) is 1.92. The van der Waals surface area contributed by atoms with Crippen molar-refractivity contribution < 1.29 is 9.47 Å². The van der Waals surface area contributed by atoms with Gasteiger partial charge in [-0.2, -0.15) is 0 Å². The summed E-state index contributed by atoms with van der Waals surface area (Å²) < 4.78 is 10.5. The van der Waals surface area contributed by atoms with Gasteiger partial charge in [0.25, 0.3) is 0 Å². The Morgan fingerprint density at radius 3 is 2.00 bits per heavy atom. The van der Waals surface area contributed by atoms with Crippen LogP contribution < -0.4 is 15.2 Å². The van der Waals surface area contributed by atoms with Crippen LogP contribution in [0.2, 0.25) is 0 Å². The van der Waals surface area contributed by atoms with E-state index in [0.717, 1.165) is 17.1 Å². The molecule has 1 atom stereocenters. The molecule has 3 heteroatoms. The summed E-state index contributed by atoms with van der Waals surface area (Å²) in [6.07, 6.45) is 2.40. The molecule has 0 aliphatic heterocycles. The van der Waals surface area contributed by atoms with E-state index in [2.05, 4.69) is 6.92 Å². The minimum atomic E-state index is 0.0662. The van der Waals surface area contributed by atoms with Crippen molar-refractivity contribution >= 4 is 0 Å². The van der Waals surface area contributed by atoms with Gasteiger partial charge in [0, 0.05) is 12.1 Å². The molecular weight excluding hydrogens is 202 g/mol. The Bertz CT molecular complexity index is 363. The summed E-state index contributed by atoms with van der Waals surface area (Å²) in [5.41, 5.74) is 7.63. The molecule has 1 aromatic carbocycles. The third kappa shape index (κ3) is 2.00. The van der Waals surface area contributed by atoms with E-state index in [0.29, 0.717) is 0 Å². The number of hydrogen-bond donors (Lipinski definition) is 1. The second-order valence-corrected chi connectivity index (χ2v) is 4.78. The molecule has 1 aliphatic carbocycles. The van der Waals surface area contributed by atoms with Crippen LogP contribution >= 0.6 is 0 Å². The highest BCUT2D eigenvalue weighted by molar-refractivity contribution is 5.40. The van der Waals surface area contributed by atoms with Gasteiger partial charge in [0.1, 0.15) is 11.5 Å². The first-order valence-electron chi connectivity index (χ1n) is 5.57. The number of rotatable bonds is 4. The Kier molecular flexibility index (Phi) is 2.80. The van der Waals surface area contributed by atoms with Gasteiger partial charge < -0.3 is 15.2 Å². The first-order chi connectivity index (χ1) is 7.59. The Balaban J connectivity index is 2.32. The molecule has 0 amide bonds. The molecule has 1 fully saturated rings. The highest BCUT2D eigenvalue weighted by atomic mass is 16.5. The normalized spacial score (nSPS) is 19.0. The van der Waals surface area contributed by atoms with Crippen molar-refractivity contribution in [1.29, 1.82) is 0 Å². The van der Waals surface area contributed by atoms with E-state index in [9.17, 15) is 0 Å². The average molecular weight is 221 g/mol. The molecule has 0 aromatic heterocycles. The quantitative estimate of drug-likeness (QED) is 0.849. The SMILES string of the molecule is COc1cc(OC)cc(C(N)C2(C)CC2)c1. The first-order valence-corrected chi connectivity index (χ1v) is 5.57. The molecule has 0 radical (unpaired) electrons. The molecule has 88 valence electrons. The number of hydrogen-bond acceptors (Lipinski definition) is 3. The molecule has 0 heterocycles. The predicted octanol–water partition coefficient (Wildman–Crippen LogP) is 2.50. The standard InChI is InChI=1S/C13H19NO2/c1-13(4-5-13)12(14)9-6-10(15-2)8-11(7-9)16-3/h6-8,12H,4-5,14H2,1-3H3. The monoisotopic (exact) mass is 221 g/mol. The van der Waals surface area contributed by atoms with Crippen LogP contribution in [-0.4, -0.2) is 14.2 Å². The van der Waals surface area contributed by atoms with Crippen LogP contribution in [0.15, 0.2) is 18.2 Å². The minimum absolute atomic E-state index is 0.0662. The second-order valence-electron chi connectivity index (χ2n) is 4.78. The van der Waals surface area contributed by atoms with Crippen LogP contribution in [0.4, 0.5) is 0 Å². The lowest BCUT2D eigenvalue weighted by Gasteiger charge is -2.20. The van der Waals surface area contributed by atoms with E-state index in [-0.39, 0.29) is 11.5 Å². The van der Waals surface area contributed by atoms with Gasteiger partial charge in [-0.3, -0.25) is 0 Å². The predicted molar refractivity (Wildman–Crippen MR) is 63.8 cm³/mol. The summed E-state index contributed by atoms with van der Waals surface area (Å²) in [7, 11) is 3.31. The highest BCUT2D eigenvalue weighted by Crippen LogP contribution is 2.53. The van der Waals surface area contributed by atoms with Crippen LogP contribution in [0, 0.1) is 5.41 Å². The molecule has 0 saturated heterocycles. The summed E-state index contributed by atoms with van der Waals surface area (Å²) in [5.74, 6) is 1.60. The lowest BCUT2D eigenvalue weighted by atomic mass is 9.92. The first kappa shape index (κ1) is 11.3. The lowest BCUT2D eigenvalue weighted by Crippen LogP contribution is -2.20. The van der Waals surface area contributed by atoms with Gasteiger partial charge in [0.2, 0.25) is 0 Å². The molecule has 2 N–H and O–H groups in total. The smallest absolute Gasteiger partial charge is 0.122 e. The third-order valence-corrected chi connectivity index (χ3v) is 3.52. The Hall–Kier alpha value is -1.22. The maximum Gasteiger partial charge on any atom is 0.122 e. The maximum absolute atomic E-state index is 6.27. The van der Waals surface area contributed by atoms with E-state index in [1.165, 1.54) is 12.8 Å². The summed E-state index contributed by atoms with van der Waals surface area (Å²) in [4.78, 5) is 0. The van der Waals surface area contributed by atoms with Gasteiger partial charge in [-0.1, -0.05) is 6.92 Å². The highest BCUT2D eigenvalue weighted by Gasteiger charge is 2.43. The van der Waals surface area contributed by atoms with Crippen LogP contribution in [0.25, 0.3) is 0 Å². The van der Waals surface area contributed by atoms with Crippen molar-refractivity contribution in [3.05, 3.63) is 23.8 Å². The van der Waals surface area contributed by atoms with Crippen LogP contribution in [0.1, 0.15) is 31.4 Å². The Morgan fingerprint density at radius 2 is 1.62 bits per heavy atom. The molecule has 1 unspecified atom stereocenters. The van der Waals surface area contributed by atoms with Crippen LogP contribution in [0.3, 0.4) is 0 Å². The van der Waals surface area contributed by atoms with Crippen molar-refractivity contribution in [1.82, 2.24) is 0 Å². The van der Waals surface area contributed by atoms with E-state index in [4.69, 9.17) is 15.2 Å². The number of benzene rings is 1. The molecule has 1 aromatic rings. The number of methoxy groups -OCH3 is 2. The molecular formula is C13H19NO2. The van der Waals surface area contributed by atoms with Gasteiger partial charge in [0.05, 0.1) is 14.2 Å². The molecule has 2 rings (SSSR count). The van der Waals surface area contributed by atoms with Crippen molar-refractivity contribution in [2.45, 2.75) is 25.8 Å². The largest absolute Gasteiger partial charge is 0.497 e. The maximum atomic E-state index is 6.27. The molecule has 3 nitrogen and oxygen atoms in total. The third-order valence-electron chi connectivity index (χ3n) is 3.52. The van der Waals surface area contributed by atoms with E-state index in [1.807, 2.05) is 18.2 Å². The van der Waals surface area contributed by atoms with Crippen LogP contribution in [-0.2, 0) is 0 Å². The van der Waals surface area contributed by atoms with Gasteiger partial charge >= 0.3 is 0 Å². The summed E-state index contributed by atoms with van der Waals surface area (Å²) in [6.45, 7) is 2.23. The lowest BCUT2D eigenvalue weighted by molar-refractivity contribution is 0.388. The molecule has 16 heavy (non-hydrogen) atoms. The molecule has 0 spiro atoms. The fourth-order valence-corrected chi connectivity index (χ4v) is 1.92. The Labute approximate surface area is 96.5 Å². The second kappa shape index (κ2) is 3.98. The van der Waals surface area contributed by atoms with Gasteiger partial charge in [-0.05, 0) is 36.0 Å². The average Bonchev–Trinajstić information content (AvgIpc) is 3.06. The summed E-state index contributed by atoms with van der Waals surface area (Å²) in [5, 5.41) is 0. The summed E-state index contributed by atoms with van der Waals surface area (Å²) in [6, 6.07) is 5.93. The minimum Gasteiger partial charge on any atom is -0.497 e. The van der Waals surface area contributed by atoms with Crippen LogP contribution in [0.5, 0.6) is 11.5 Å². The zero-order valence-corrected chi connectivity index (χ0v) is 10.1. The summed E-state index contributed by atoms with van der Waals surface area (Å²) >= 11 is 0. The Morgan fingerprint density at radius 1 is 1.12 bits per heavy atom. The zero-order chi connectivity index (χ0) is 11.8. The topological polar surface area (TPSA) is 44.5 Å². The van der Waals surface area contributed by atoms with Gasteiger partial charge in [-0.15, -0.1) is 0 Å². The van der Waals surface area contributed by atoms with Crippen molar-refractivity contribution in [3.63, 3.8) is 0 Å². The molecule has 1 aliphatic rings. The van der Waals surface area contributed by atoms with Gasteiger partial charge in [-0.25, -0.2) is 0 Å². The van der Waals surface area contributed by atoms with E-state index >= 15 is 0 Å². The number of nitrogens with two attached hydrogens (primary N) is 1. The molecule has 0 bridgehead atoms. The number of ether oxygens (including phenoxy) is 2. The zero-order valence-electron chi connectivity index (χ0n) is 10.1. The van der Waals surface area contributed by atoms with Crippen molar-refractivity contribution in [2.75, 3.05) is 14.2 Å². The van der Waals surface area contributed by atoms with E-state index in [1.54, 1.807) is 14.2 Å². The molecule has 1 saturated carbocycles.